The van der Waals surface area contributed by atoms with E-state index in [0.717, 1.165) is 0 Å². The summed E-state index contributed by atoms with van der Waals surface area (Å²) in [7, 11) is 0. The highest BCUT2D eigenvalue weighted by molar-refractivity contribution is 6.43. The first kappa shape index (κ1) is 14.3. The van der Waals surface area contributed by atoms with E-state index in [9.17, 15) is 0 Å². The zero-order chi connectivity index (χ0) is 10.0. The number of nitrogens with two attached hydrogens (primary N) is 2. The average Bonchev–Trinajstić information content (AvgIpc) is 2.10. The zero-order valence-corrected chi connectivity index (χ0v) is 10.2. The maximum absolute atomic E-state index is 5.91. The van der Waals surface area contributed by atoms with Crippen LogP contribution in [0, 0.1) is 0 Å². The van der Waals surface area contributed by atoms with E-state index in [4.69, 9.17) is 46.3 Å². The van der Waals surface area contributed by atoms with Crippen molar-refractivity contribution in [2.75, 3.05) is 6.54 Å². The molecule has 1 aromatic carbocycles. The van der Waals surface area contributed by atoms with Gasteiger partial charge in [-0.25, -0.2) is 0 Å². The van der Waals surface area contributed by atoms with Crippen LogP contribution >= 0.6 is 47.2 Å². The molecule has 0 spiro atoms. The second-order valence-corrected chi connectivity index (χ2v) is 3.85. The van der Waals surface area contributed by atoms with Gasteiger partial charge in [0, 0.05) is 17.6 Å². The Morgan fingerprint density at radius 2 is 1.79 bits per heavy atom. The van der Waals surface area contributed by atoms with Crippen molar-refractivity contribution < 1.29 is 0 Å². The van der Waals surface area contributed by atoms with Gasteiger partial charge < -0.3 is 11.5 Å². The molecule has 0 amide bonds. The zero-order valence-electron chi connectivity index (χ0n) is 7.14. The number of benzene rings is 1. The fraction of sp³-hybridized carbons (Fsp3) is 0.250. The van der Waals surface area contributed by atoms with Crippen LogP contribution in [0.1, 0.15) is 11.6 Å². The van der Waals surface area contributed by atoms with Crippen molar-refractivity contribution in [1.82, 2.24) is 0 Å². The smallest absolute Gasteiger partial charge is 0.0641 e. The van der Waals surface area contributed by atoms with Gasteiger partial charge in [-0.05, 0) is 17.7 Å². The number of hydrogen-bond donors (Lipinski definition) is 2. The Balaban J connectivity index is 0.00000169. The van der Waals surface area contributed by atoms with Crippen LogP contribution < -0.4 is 11.5 Å². The molecule has 1 aromatic rings. The maximum Gasteiger partial charge on any atom is 0.0641 e. The molecule has 6 heteroatoms. The van der Waals surface area contributed by atoms with E-state index in [0.29, 0.717) is 27.2 Å². The van der Waals surface area contributed by atoms with Gasteiger partial charge in [0.1, 0.15) is 0 Å². The summed E-state index contributed by atoms with van der Waals surface area (Å²) in [5, 5.41) is 1.32. The van der Waals surface area contributed by atoms with Gasteiger partial charge in [-0.1, -0.05) is 34.8 Å². The summed E-state index contributed by atoms with van der Waals surface area (Å²) in [6, 6.07) is 2.91. The minimum absolute atomic E-state index is 0. The van der Waals surface area contributed by atoms with Gasteiger partial charge in [0.05, 0.1) is 10.0 Å². The van der Waals surface area contributed by atoms with Crippen molar-refractivity contribution in [2.24, 2.45) is 11.5 Å². The van der Waals surface area contributed by atoms with Crippen LogP contribution in [0.15, 0.2) is 12.1 Å². The van der Waals surface area contributed by atoms with E-state index in [-0.39, 0.29) is 18.4 Å². The molecule has 4 N–H and O–H groups in total. The minimum atomic E-state index is -0.330. The molecule has 0 saturated carbocycles. The lowest BCUT2D eigenvalue weighted by molar-refractivity contribution is 0.737. The largest absolute Gasteiger partial charge is 0.329 e. The highest BCUT2D eigenvalue weighted by atomic mass is 35.5. The molecule has 0 unspecified atom stereocenters. The van der Waals surface area contributed by atoms with Crippen LogP contribution in [0.2, 0.25) is 15.1 Å². The lowest BCUT2D eigenvalue weighted by atomic mass is 10.1. The van der Waals surface area contributed by atoms with E-state index in [1.165, 1.54) is 0 Å². The second kappa shape index (κ2) is 6.01. The van der Waals surface area contributed by atoms with Gasteiger partial charge in [0.15, 0.2) is 0 Å². The molecule has 0 saturated heterocycles. The van der Waals surface area contributed by atoms with Crippen molar-refractivity contribution in [2.45, 2.75) is 6.04 Å². The summed E-state index contributed by atoms with van der Waals surface area (Å²) in [5.41, 5.74) is 11.8. The number of halogens is 4. The van der Waals surface area contributed by atoms with Crippen LogP contribution in [0.5, 0.6) is 0 Å². The van der Waals surface area contributed by atoms with Gasteiger partial charge in [-0.2, -0.15) is 0 Å². The fourth-order valence-corrected chi connectivity index (χ4v) is 1.73. The summed E-state index contributed by atoms with van der Waals surface area (Å²) in [4.78, 5) is 0. The van der Waals surface area contributed by atoms with Crippen LogP contribution in [0.3, 0.4) is 0 Å². The third-order valence-electron chi connectivity index (χ3n) is 1.67. The van der Waals surface area contributed by atoms with Crippen LogP contribution in [-0.4, -0.2) is 6.54 Å². The van der Waals surface area contributed by atoms with E-state index in [1.54, 1.807) is 12.1 Å². The molecule has 1 rings (SSSR count). The molecule has 0 aliphatic rings. The lowest BCUT2D eigenvalue weighted by Crippen LogP contribution is -2.21. The van der Waals surface area contributed by atoms with Crippen molar-refractivity contribution in [3.8, 4) is 0 Å². The molecule has 0 bridgehead atoms. The average molecular weight is 276 g/mol. The first-order valence-corrected chi connectivity index (χ1v) is 4.79. The van der Waals surface area contributed by atoms with Crippen LogP contribution in [0.25, 0.3) is 0 Å². The van der Waals surface area contributed by atoms with E-state index >= 15 is 0 Å². The highest BCUT2D eigenvalue weighted by Crippen LogP contribution is 2.32. The van der Waals surface area contributed by atoms with Crippen molar-refractivity contribution in [3.05, 3.63) is 32.8 Å². The Kier molecular flexibility index (Phi) is 6.14. The summed E-state index contributed by atoms with van der Waals surface area (Å²) >= 11 is 17.5. The molecule has 0 heterocycles. The van der Waals surface area contributed by atoms with Gasteiger partial charge in [0.25, 0.3) is 0 Å². The van der Waals surface area contributed by atoms with Gasteiger partial charge in [0.2, 0.25) is 0 Å². The number of rotatable bonds is 2. The SMILES string of the molecule is Cl.NC[C@H](N)c1cc(Cl)cc(Cl)c1Cl. The molecular weight excluding hydrogens is 266 g/mol. The maximum atomic E-state index is 5.91. The summed E-state index contributed by atoms with van der Waals surface area (Å²) in [5.74, 6) is 0. The van der Waals surface area contributed by atoms with Gasteiger partial charge in [-0.3, -0.25) is 0 Å². The monoisotopic (exact) mass is 274 g/mol. The molecule has 0 aromatic heterocycles. The standard InChI is InChI=1S/C8H9Cl3N2.ClH/c9-4-1-5(7(13)3-12)8(11)6(10)2-4;/h1-2,7H,3,12-13H2;1H/t7-;/m0./s1. The van der Waals surface area contributed by atoms with Crippen molar-refractivity contribution in [3.63, 3.8) is 0 Å². The topological polar surface area (TPSA) is 52.0 Å². The second-order valence-electron chi connectivity index (χ2n) is 2.63. The molecule has 2 nitrogen and oxygen atoms in total. The molecule has 80 valence electrons. The number of hydrogen-bond acceptors (Lipinski definition) is 2. The molecule has 0 radical (unpaired) electrons. The molecule has 14 heavy (non-hydrogen) atoms. The summed E-state index contributed by atoms with van der Waals surface area (Å²) in [6.07, 6.45) is 0. The normalized spacial score (nSPS) is 12.1. The molecule has 0 aliphatic heterocycles. The van der Waals surface area contributed by atoms with E-state index < -0.39 is 0 Å². The third-order valence-corrected chi connectivity index (χ3v) is 2.71. The van der Waals surface area contributed by atoms with Crippen LogP contribution in [-0.2, 0) is 0 Å². The van der Waals surface area contributed by atoms with Gasteiger partial charge >= 0.3 is 0 Å². The molecular formula is C8H10Cl4N2. The molecule has 1 atom stereocenters. The molecule has 0 fully saturated rings. The summed E-state index contributed by atoms with van der Waals surface area (Å²) < 4.78 is 0. The fourth-order valence-electron chi connectivity index (χ4n) is 0.973. The molecule has 0 aliphatic carbocycles. The van der Waals surface area contributed by atoms with Crippen molar-refractivity contribution >= 4 is 47.2 Å². The third kappa shape index (κ3) is 3.16. The Labute approximate surface area is 104 Å². The van der Waals surface area contributed by atoms with E-state index in [2.05, 4.69) is 0 Å². The Bertz CT molecular complexity index is 316. The quantitative estimate of drug-likeness (QED) is 0.816. The Hall–Kier alpha value is 0.300. The van der Waals surface area contributed by atoms with Crippen molar-refractivity contribution in [1.29, 1.82) is 0 Å². The lowest BCUT2D eigenvalue weighted by Gasteiger charge is -2.12. The predicted molar refractivity (Wildman–Crippen MR) is 64.7 cm³/mol. The van der Waals surface area contributed by atoms with E-state index in [1.807, 2.05) is 0 Å². The highest BCUT2D eigenvalue weighted by Gasteiger charge is 2.12. The first-order chi connectivity index (χ1) is 6.06. The van der Waals surface area contributed by atoms with Crippen LogP contribution in [0.4, 0.5) is 0 Å². The minimum Gasteiger partial charge on any atom is -0.329 e. The van der Waals surface area contributed by atoms with Gasteiger partial charge in [-0.15, -0.1) is 12.4 Å². The Morgan fingerprint density at radius 3 is 2.29 bits per heavy atom. The Morgan fingerprint density at radius 1 is 1.21 bits per heavy atom. The first-order valence-electron chi connectivity index (χ1n) is 3.66. The summed E-state index contributed by atoms with van der Waals surface area (Å²) in [6.45, 7) is 0.302. The predicted octanol–water partition coefficient (Wildman–Crippen LogP) is 3.03.